The molecule has 1 N–H and O–H groups in total. The van der Waals surface area contributed by atoms with Gasteiger partial charge in [0.25, 0.3) is 0 Å². The van der Waals surface area contributed by atoms with Crippen molar-refractivity contribution in [2.45, 2.75) is 0 Å². The van der Waals surface area contributed by atoms with Gasteiger partial charge in [-0.2, -0.15) is 0 Å². The molecule has 0 aliphatic carbocycles. The molecule has 0 fully saturated rings. The van der Waals surface area contributed by atoms with Gasteiger partial charge in [0, 0.05) is 0 Å². The van der Waals surface area contributed by atoms with Crippen molar-refractivity contribution in [2.24, 2.45) is 0 Å². The highest BCUT2D eigenvalue weighted by molar-refractivity contribution is 6.29. The second-order valence-electron chi connectivity index (χ2n) is 1.67. The zero-order chi connectivity index (χ0) is 7.56. The van der Waals surface area contributed by atoms with Crippen molar-refractivity contribution < 1.29 is 5.11 Å². The summed E-state index contributed by atoms with van der Waals surface area (Å²) < 4.78 is 0. The van der Waals surface area contributed by atoms with Crippen LogP contribution in [0.3, 0.4) is 0 Å². The number of rotatable bonds is 0. The van der Waals surface area contributed by atoms with Gasteiger partial charge in [0.1, 0.15) is 10.9 Å². The largest absolute Gasteiger partial charge is 0.505 e. The van der Waals surface area contributed by atoms with Crippen molar-refractivity contribution in [1.29, 1.82) is 0 Å². The van der Waals surface area contributed by atoms with E-state index in [9.17, 15) is 0 Å². The van der Waals surface area contributed by atoms with Crippen LogP contribution in [0.4, 0.5) is 0 Å². The first-order chi connectivity index (χ1) is 4.74. The van der Waals surface area contributed by atoms with E-state index in [1.54, 1.807) is 0 Å². The fourth-order valence-electron chi connectivity index (χ4n) is 0.538. The Balaban J connectivity index is 3.25. The van der Waals surface area contributed by atoms with Gasteiger partial charge in [-0.05, 0) is 6.07 Å². The van der Waals surface area contributed by atoms with E-state index < -0.39 is 0 Å². The highest BCUT2D eigenvalue weighted by Crippen LogP contribution is 2.16. The van der Waals surface area contributed by atoms with Gasteiger partial charge in [0.05, 0.1) is 11.8 Å². The Kier molecular flexibility index (Phi) is 1.79. The van der Waals surface area contributed by atoms with Gasteiger partial charge in [-0.3, -0.25) is 0 Å². The molecule has 0 aliphatic heterocycles. The Morgan fingerprint density at radius 3 is 2.90 bits per heavy atom. The minimum absolute atomic E-state index is 0.0214. The predicted octanol–water partition coefficient (Wildman–Crippen LogP) is 1.42. The normalized spacial score (nSPS) is 8.80. The van der Waals surface area contributed by atoms with Crippen molar-refractivity contribution in [1.82, 2.24) is 4.98 Å². The molecule has 10 heavy (non-hydrogen) atoms. The van der Waals surface area contributed by atoms with Crippen LogP contribution in [0.15, 0.2) is 12.3 Å². The average Bonchev–Trinajstić information content (AvgIpc) is 1.94. The van der Waals surface area contributed by atoms with Gasteiger partial charge in [-0.25, -0.2) is 4.98 Å². The number of halogens is 1. The summed E-state index contributed by atoms with van der Waals surface area (Å²) in [6.45, 7) is 0. The van der Waals surface area contributed by atoms with Crippen LogP contribution in [0, 0.1) is 12.3 Å². The molecule has 0 unspecified atom stereocenters. The predicted molar refractivity (Wildman–Crippen MR) is 38.8 cm³/mol. The zero-order valence-electron chi connectivity index (χ0n) is 5.00. The zero-order valence-corrected chi connectivity index (χ0v) is 5.76. The molecule has 0 aliphatic rings. The first-order valence-electron chi connectivity index (χ1n) is 2.55. The molecule has 1 rings (SSSR count). The molecule has 0 amide bonds. The van der Waals surface area contributed by atoms with Gasteiger partial charge in [-0.15, -0.1) is 6.42 Å². The van der Waals surface area contributed by atoms with E-state index in [1.807, 2.05) is 0 Å². The van der Waals surface area contributed by atoms with Crippen molar-refractivity contribution in [3.05, 3.63) is 23.0 Å². The molecule has 2 nitrogen and oxygen atoms in total. The van der Waals surface area contributed by atoms with E-state index in [1.165, 1.54) is 12.3 Å². The number of pyridine rings is 1. The Labute approximate surface area is 63.5 Å². The van der Waals surface area contributed by atoms with E-state index in [4.69, 9.17) is 23.1 Å². The number of terminal acetylenes is 1. The lowest BCUT2D eigenvalue weighted by molar-refractivity contribution is 0.471. The van der Waals surface area contributed by atoms with Gasteiger partial charge in [-0.1, -0.05) is 17.5 Å². The second-order valence-corrected chi connectivity index (χ2v) is 2.06. The molecular weight excluding hydrogens is 150 g/mol. The van der Waals surface area contributed by atoms with Gasteiger partial charge >= 0.3 is 0 Å². The molecule has 0 saturated carbocycles. The van der Waals surface area contributed by atoms with E-state index in [0.717, 1.165) is 0 Å². The molecule has 1 heterocycles. The maximum absolute atomic E-state index is 8.97. The van der Waals surface area contributed by atoms with E-state index in [-0.39, 0.29) is 10.9 Å². The Morgan fingerprint density at radius 1 is 1.70 bits per heavy atom. The topological polar surface area (TPSA) is 33.1 Å². The van der Waals surface area contributed by atoms with Crippen LogP contribution in [0.2, 0.25) is 5.15 Å². The lowest BCUT2D eigenvalue weighted by Gasteiger charge is -1.94. The highest BCUT2D eigenvalue weighted by Gasteiger charge is 1.97. The first-order valence-corrected chi connectivity index (χ1v) is 2.93. The molecule has 1 aromatic heterocycles. The van der Waals surface area contributed by atoms with Crippen LogP contribution in [-0.4, -0.2) is 10.1 Å². The summed E-state index contributed by atoms with van der Waals surface area (Å²) in [6, 6.07) is 1.43. The summed E-state index contributed by atoms with van der Waals surface area (Å²) in [4.78, 5) is 3.61. The summed E-state index contributed by atoms with van der Waals surface area (Å²) in [5, 5.41) is 9.25. The van der Waals surface area contributed by atoms with Gasteiger partial charge < -0.3 is 5.11 Å². The van der Waals surface area contributed by atoms with E-state index >= 15 is 0 Å². The van der Waals surface area contributed by atoms with Crippen LogP contribution >= 0.6 is 11.6 Å². The molecule has 1 aromatic rings. The summed E-state index contributed by atoms with van der Waals surface area (Å²) in [5.74, 6) is 2.24. The maximum Gasteiger partial charge on any atom is 0.149 e. The van der Waals surface area contributed by atoms with Gasteiger partial charge in [0.15, 0.2) is 0 Å². The van der Waals surface area contributed by atoms with E-state index in [2.05, 4.69) is 10.9 Å². The van der Waals surface area contributed by atoms with Crippen LogP contribution in [0.1, 0.15) is 5.56 Å². The van der Waals surface area contributed by atoms with Crippen LogP contribution < -0.4 is 0 Å². The fourth-order valence-corrected chi connectivity index (χ4v) is 0.696. The number of aromatic hydroxyl groups is 1. The number of hydrogen-bond acceptors (Lipinski definition) is 2. The Morgan fingerprint density at radius 2 is 2.40 bits per heavy atom. The molecule has 0 saturated heterocycles. The second kappa shape index (κ2) is 2.59. The van der Waals surface area contributed by atoms with Gasteiger partial charge in [0.2, 0.25) is 0 Å². The summed E-state index contributed by atoms with van der Waals surface area (Å²) in [7, 11) is 0. The minimum Gasteiger partial charge on any atom is -0.505 e. The standard InChI is InChI=1S/C7H4ClNO/c1-2-5-3-7(8)9-4-6(5)10/h1,3-4,10H. The van der Waals surface area contributed by atoms with Crippen LogP contribution in [0.5, 0.6) is 5.75 Å². The molecular formula is C7H4ClNO. The first kappa shape index (κ1) is 6.91. The summed E-state index contributed by atoms with van der Waals surface area (Å²) in [5.41, 5.74) is 0.361. The molecule has 0 spiro atoms. The summed E-state index contributed by atoms with van der Waals surface area (Å²) in [6.07, 6.45) is 6.24. The molecule has 0 aromatic carbocycles. The van der Waals surface area contributed by atoms with E-state index in [0.29, 0.717) is 5.56 Å². The molecule has 0 radical (unpaired) electrons. The highest BCUT2D eigenvalue weighted by atomic mass is 35.5. The fraction of sp³-hybridized carbons (Fsp3) is 0. The number of aromatic nitrogens is 1. The Hall–Kier alpha value is -1.20. The number of hydrogen-bond donors (Lipinski definition) is 1. The van der Waals surface area contributed by atoms with Crippen LogP contribution in [-0.2, 0) is 0 Å². The number of nitrogens with zero attached hydrogens (tertiary/aromatic N) is 1. The van der Waals surface area contributed by atoms with Crippen molar-refractivity contribution in [3.63, 3.8) is 0 Å². The third-order valence-corrected chi connectivity index (χ3v) is 1.21. The average molecular weight is 154 g/mol. The lowest BCUT2D eigenvalue weighted by Crippen LogP contribution is -1.79. The Bertz CT molecular complexity index is 290. The molecule has 3 heteroatoms. The summed E-state index contributed by atoms with van der Waals surface area (Å²) >= 11 is 5.48. The quantitative estimate of drug-likeness (QED) is 0.452. The molecule has 0 atom stereocenters. The van der Waals surface area contributed by atoms with Crippen molar-refractivity contribution in [2.75, 3.05) is 0 Å². The molecule has 50 valence electrons. The van der Waals surface area contributed by atoms with Crippen LogP contribution in [0.25, 0.3) is 0 Å². The maximum atomic E-state index is 8.97. The minimum atomic E-state index is -0.0214. The van der Waals surface area contributed by atoms with Crippen molar-refractivity contribution in [3.8, 4) is 18.1 Å². The SMILES string of the molecule is C#Cc1cc(Cl)ncc1O. The monoisotopic (exact) mass is 153 g/mol. The third-order valence-electron chi connectivity index (χ3n) is 1.01. The molecule has 0 bridgehead atoms. The lowest BCUT2D eigenvalue weighted by atomic mass is 10.3. The smallest absolute Gasteiger partial charge is 0.149 e. The van der Waals surface area contributed by atoms with Crippen molar-refractivity contribution >= 4 is 11.6 Å². The third kappa shape index (κ3) is 1.20.